The van der Waals surface area contributed by atoms with E-state index >= 15 is 0 Å². The standard InChI is InChI=1S/C23H22N4O3/c1-12-5-6-17(13(2)7-12)21-20-19(14-8-15(28-3)10-16(9-14)29-4)18(11-24)22(25)30-23(20)27-26-21/h5-10,19H,25H2,1-4H3,(H,26,27). The first-order valence-electron chi connectivity index (χ1n) is 9.43. The second kappa shape index (κ2) is 7.48. The Morgan fingerprint density at radius 1 is 1.10 bits per heavy atom. The van der Waals surface area contributed by atoms with Crippen molar-refractivity contribution in [2.75, 3.05) is 14.2 Å². The number of nitrogens with one attached hydrogen (secondary N) is 1. The summed E-state index contributed by atoms with van der Waals surface area (Å²) in [7, 11) is 3.17. The smallest absolute Gasteiger partial charge is 0.244 e. The molecule has 0 bridgehead atoms. The number of ether oxygens (including phenoxy) is 3. The van der Waals surface area contributed by atoms with Crippen molar-refractivity contribution in [3.63, 3.8) is 0 Å². The number of hydrogen-bond acceptors (Lipinski definition) is 6. The van der Waals surface area contributed by atoms with Crippen molar-refractivity contribution in [1.29, 1.82) is 5.26 Å². The highest BCUT2D eigenvalue weighted by Crippen LogP contribution is 2.47. The molecular weight excluding hydrogens is 380 g/mol. The number of aromatic amines is 1. The van der Waals surface area contributed by atoms with Gasteiger partial charge >= 0.3 is 0 Å². The monoisotopic (exact) mass is 402 g/mol. The predicted octanol–water partition coefficient (Wildman–Crippen LogP) is 3.93. The molecule has 7 heteroatoms. The van der Waals surface area contributed by atoms with Crippen molar-refractivity contribution in [1.82, 2.24) is 10.2 Å². The molecule has 30 heavy (non-hydrogen) atoms. The summed E-state index contributed by atoms with van der Waals surface area (Å²) in [6.07, 6.45) is 0. The van der Waals surface area contributed by atoms with Gasteiger partial charge in [-0.1, -0.05) is 23.8 Å². The molecule has 0 saturated heterocycles. The summed E-state index contributed by atoms with van der Waals surface area (Å²) in [6, 6.07) is 13.9. The van der Waals surface area contributed by atoms with E-state index in [0.29, 0.717) is 23.0 Å². The highest BCUT2D eigenvalue weighted by atomic mass is 16.5. The zero-order valence-corrected chi connectivity index (χ0v) is 17.2. The Balaban J connectivity index is 1.98. The van der Waals surface area contributed by atoms with Gasteiger partial charge in [0, 0.05) is 11.6 Å². The molecule has 2 aromatic carbocycles. The lowest BCUT2D eigenvalue weighted by Crippen LogP contribution is -2.21. The molecule has 1 unspecified atom stereocenters. The second-order valence-corrected chi connectivity index (χ2v) is 7.21. The summed E-state index contributed by atoms with van der Waals surface area (Å²) in [4.78, 5) is 0. The number of nitriles is 1. The fourth-order valence-electron chi connectivity index (χ4n) is 3.87. The van der Waals surface area contributed by atoms with Crippen molar-refractivity contribution < 1.29 is 14.2 Å². The third-order valence-electron chi connectivity index (χ3n) is 5.30. The molecule has 0 amide bonds. The average molecular weight is 402 g/mol. The minimum Gasteiger partial charge on any atom is -0.497 e. The number of aryl methyl sites for hydroxylation is 2. The number of hydrogen-bond donors (Lipinski definition) is 2. The Morgan fingerprint density at radius 2 is 1.80 bits per heavy atom. The van der Waals surface area contributed by atoms with Crippen LogP contribution in [0.15, 0.2) is 47.9 Å². The van der Waals surface area contributed by atoms with E-state index in [1.165, 1.54) is 0 Å². The topological polar surface area (TPSA) is 106 Å². The third kappa shape index (κ3) is 3.12. The highest BCUT2D eigenvalue weighted by Gasteiger charge is 2.36. The number of H-pyrrole nitrogens is 1. The van der Waals surface area contributed by atoms with Crippen LogP contribution in [-0.4, -0.2) is 24.4 Å². The van der Waals surface area contributed by atoms with Gasteiger partial charge in [-0.25, -0.2) is 0 Å². The van der Waals surface area contributed by atoms with Crippen LogP contribution >= 0.6 is 0 Å². The van der Waals surface area contributed by atoms with E-state index in [9.17, 15) is 5.26 Å². The Hall–Kier alpha value is -3.92. The lowest BCUT2D eigenvalue weighted by atomic mass is 9.82. The van der Waals surface area contributed by atoms with Gasteiger partial charge in [0.1, 0.15) is 23.1 Å². The van der Waals surface area contributed by atoms with Crippen LogP contribution in [0.1, 0.15) is 28.2 Å². The Labute approximate surface area is 174 Å². The molecule has 0 saturated carbocycles. The Morgan fingerprint density at radius 3 is 2.40 bits per heavy atom. The van der Waals surface area contributed by atoms with E-state index in [4.69, 9.17) is 19.9 Å². The molecule has 1 aliphatic rings. The maximum absolute atomic E-state index is 9.90. The molecule has 3 N–H and O–H groups in total. The van der Waals surface area contributed by atoms with Crippen LogP contribution in [0.25, 0.3) is 11.3 Å². The summed E-state index contributed by atoms with van der Waals surface area (Å²) in [5.41, 5.74) is 12.0. The van der Waals surface area contributed by atoms with Crippen molar-refractivity contribution in [2.24, 2.45) is 5.73 Å². The number of aromatic nitrogens is 2. The number of nitrogens with two attached hydrogens (primary N) is 1. The van der Waals surface area contributed by atoms with Crippen LogP contribution in [-0.2, 0) is 0 Å². The maximum atomic E-state index is 9.90. The fourth-order valence-corrected chi connectivity index (χ4v) is 3.87. The van der Waals surface area contributed by atoms with Crippen LogP contribution in [0.4, 0.5) is 0 Å². The van der Waals surface area contributed by atoms with Gasteiger partial charge in [-0.2, -0.15) is 5.26 Å². The van der Waals surface area contributed by atoms with Gasteiger partial charge < -0.3 is 19.9 Å². The lowest BCUT2D eigenvalue weighted by molar-refractivity contribution is 0.377. The van der Waals surface area contributed by atoms with E-state index in [-0.39, 0.29) is 5.88 Å². The van der Waals surface area contributed by atoms with Crippen LogP contribution in [0.5, 0.6) is 17.4 Å². The maximum Gasteiger partial charge on any atom is 0.244 e. The lowest BCUT2D eigenvalue weighted by Gasteiger charge is -2.25. The van der Waals surface area contributed by atoms with Gasteiger partial charge in [-0.15, -0.1) is 5.10 Å². The predicted molar refractivity (Wildman–Crippen MR) is 112 cm³/mol. The molecule has 0 aliphatic carbocycles. The van der Waals surface area contributed by atoms with Gasteiger partial charge in [0.05, 0.1) is 31.4 Å². The van der Waals surface area contributed by atoms with E-state index in [1.807, 2.05) is 38.1 Å². The zero-order chi connectivity index (χ0) is 21.4. The zero-order valence-electron chi connectivity index (χ0n) is 17.2. The van der Waals surface area contributed by atoms with Crippen LogP contribution in [0.3, 0.4) is 0 Å². The molecule has 1 aromatic heterocycles. The average Bonchev–Trinajstić information content (AvgIpc) is 3.15. The summed E-state index contributed by atoms with van der Waals surface area (Å²) in [5.74, 6) is 1.13. The summed E-state index contributed by atoms with van der Waals surface area (Å²) in [5, 5.41) is 17.3. The second-order valence-electron chi connectivity index (χ2n) is 7.21. The van der Waals surface area contributed by atoms with Crippen molar-refractivity contribution >= 4 is 0 Å². The quantitative estimate of drug-likeness (QED) is 0.685. The third-order valence-corrected chi connectivity index (χ3v) is 5.30. The molecule has 7 nitrogen and oxygen atoms in total. The highest BCUT2D eigenvalue weighted by molar-refractivity contribution is 5.73. The summed E-state index contributed by atoms with van der Waals surface area (Å²) < 4.78 is 16.6. The summed E-state index contributed by atoms with van der Waals surface area (Å²) in [6.45, 7) is 4.09. The molecule has 0 fully saturated rings. The van der Waals surface area contributed by atoms with Gasteiger partial charge in [0.2, 0.25) is 11.8 Å². The van der Waals surface area contributed by atoms with E-state index in [2.05, 4.69) is 22.3 Å². The molecule has 152 valence electrons. The number of rotatable bonds is 4. The molecule has 1 atom stereocenters. The van der Waals surface area contributed by atoms with Gasteiger partial charge in [-0.05, 0) is 37.1 Å². The minimum atomic E-state index is -0.489. The van der Waals surface area contributed by atoms with Crippen molar-refractivity contribution in [3.05, 3.63) is 70.1 Å². The van der Waals surface area contributed by atoms with E-state index in [1.54, 1.807) is 20.3 Å². The normalized spacial score (nSPS) is 15.2. The molecule has 1 aliphatic heterocycles. The number of fused-ring (bicyclic) bond motifs is 1. The van der Waals surface area contributed by atoms with Gasteiger partial charge in [-0.3, -0.25) is 5.10 Å². The van der Waals surface area contributed by atoms with Crippen molar-refractivity contribution in [3.8, 4) is 34.7 Å². The molecule has 2 heterocycles. The first-order chi connectivity index (χ1) is 14.5. The van der Waals surface area contributed by atoms with Gasteiger partial charge in [0.25, 0.3) is 0 Å². The molecule has 0 spiro atoms. The number of nitrogens with zero attached hydrogens (tertiary/aromatic N) is 2. The number of allylic oxidation sites excluding steroid dienone is 1. The fraction of sp³-hybridized carbons (Fsp3) is 0.217. The van der Waals surface area contributed by atoms with Crippen LogP contribution in [0.2, 0.25) is 0 Å². The van der Waals surface area contributed by atoms with E-state index in [0.717, 1.165) is 33.5 Å². The van der Waals surface area contributed by atoms with Crippen LogP contribution in [0, 0.1) is 25.2 Å². The molecule has 0 radical (unpaired) electrons. The summed E-state index contributed by atoms with van der Waals surface area (Å²) >= 11 is 0. The van der Waals surface area contributed by atoms with Gasteiger partial charge in [0.15, 0.2) is 0 Å². The minimum absolute atomic E-state index is 0.0375. The molecule has 3 aromatic rings. The Kier molecular flexibility index (Phi) is 4.84. The van der Waals surface area contributed by atoms with E-state index < -0.39 is 5.92 Å². The number of methoxy groups -OCH3 is 2. The molecular formula is C23H22N4O3. The first kappa shape index (κ1) is 19.4. The first-order valence-corrected chi connectivity index (χ1v) is 9.43. The largest absolute Gasteiger partial charge is 0.497 e. The SMILES string of the molecule is COc1cc(OC)cc(C2C(C#N)=C(N)Oc3n[nH]c(-c4ccc(C)cc4C)c32)c1. The Bertz CT molecular complexity index is 1180. The van der Waals surface area contributed by atoms with Crippen molar-refractivity contribution in [2.45, 2.75) is 19.8 Å². The number of benzene rings is 2. The molecule has 4 rings (SSSR count). The van der Waals surface area contributed by atoms with Crippen LogP contribution < -0.4 is 19.9 Å².